The van der Waals surface area contributed by atoms with Gasteiger partial charge in [-0.3, -0.25) is 10.6 Å². The number of hydrazine groups is 1. The number of carbonyl (C=O) groups is 1. The van der Waals surface area contributed by atoms with Crippen molar-refractivity contribution in [1.82, 2.24) is 10.3 Å². The van der Waals surface area contributed by atoms with Crippen molar-refractivity contribution in [3.05, 3.63) is 0 Å². The fourth-order valence-corrected chi connectivity index (χ4v) is 4.22. The fourth-order valence-electron chi connectivity index (χ4n) is 4.22. The third-order valence-corrected chi connectivity index (χ3v) is 5.73. The maximum absolute atomic E-state index is 12.3. The molecule has 0 aromatic heterocycles. The summed E-state index contributed by atoms with van der Waals surface area (Å²) in [4.78, 5) is 14.2. The summed E-state index contributed by atoms with van der Waals surface area (Å²) in [5.41, 5.74) is 14.3. The minimum Gasteiger partial charge on any atom is -0.379 e. The van der Waals surface area contributed by atoms with Crippen LogP contribution in [0.25, 0.3) is 0 Å². The first-order valence-electron chi connectivity index (χ1n) is 9.32. The molecule has 0 radical (unpaired) electrons. The summed E-state index contributed by atoms with van der Waals surface area (Å²) in [6.07, 6.45) is 2.24. The van der Waals surface area contributed by atoms with Crippen molar-refractivity contribution < 1.29 is 14.3 Å². The Morgan fingerprint density at radius 1 is 1.32 bits per heavy atom. The average molecular weight is 357 g/mol. The second-order valence-corrected chi connectivity index (χ2v) is 7.55. The smallest absolute Gasteiger partial charge is 0.222 e. The molecule has 0 bridgehead atoms. The van der Waals surface area contributed by atoms with Crippen molar-refractivity contribution in [1.29, 1.82) is 0 Å². The molecule has 1 heterocycles. The Bertz CT molecular complexity index is 437. The van der Waals surface area contributed by atoms with Crippen LogP contribution >= 0.6 is 0 Å². The van der Waals surface area contributed by atoms with Crippen LogP contribution in [0.3, 0.4) is 0 Å². The Balaban J connectivity index is 2.17. The lowest BCUT2D eigenvalue weighted by Gasteiger charge is -2.46. The predicted octanol–water partition coefficient (Wildman–Crippen LogP) is -0.481. The number of rotatable bonds is 8. The normalized spacial score (nSPS) is 33.1. The summed E-state index contributed by atoms with van der Waals surface area (Å²) in [5.74, 6) is 6.41. The molecule has 25 heavy (non-hydrogen) atoms. The molecule has 1 aliphatic heterocycles. The monoisotopic (exact) mass is 357 g/mol. The van der Waals surface area contributed by atoms with Crippen molar-refractivity contribution in [2.45, 2.75) is 70.1 Å². The molecule has 2 fully saturated rings. The molecule has 1 amide bonds. The van der Waals surface area contributed by atoms with Gasteiger partial charge in [0.2, 0.25) is 5.91 Å². The van der Waals surface area contributed by atoms with E-state index in [4.69, 9.17) is 26.8 Å². The van der Waals surface area contributed by atoms with Crippen molar-refractivity contribution in [2.24, 2.45) is 29.1 Å². The van der Waals surface area contributed by atoms with Crippen LogP contribution in [0.1, 0.15) is 39.5 Å². The van der Waals surface area contributed by atoms with E-state index < -0.39 is 6.17 Å². The van der Waals surface area contributed by atoms with Gasteiger partial charge in [0.05, 0.1) is 30.5 Å². The third kappa shape index (κ3) is 4.69. The number of nitrogens with zero attached hydrogens (tertiary/aromatic N) is 1. The molecule has 6 atom stereocenters. The molecule has 2 aliphatic rings. The van der Waals surface area contributed by atoms with E-state index in [0.29, 0.717) is 18.3 Å². The first-order chi connectivity index (χ1) is 11.9. The highest BCUT2D eigenvalue weighted by molar-refractivity contribution is 5.78. The molecule has 0 spiro atoms. The van der Waals surface area contributed by atoms with Gasteiger partial charge in [0.1, 0.15) is 0 Å². The molecule has 0 aromatic rings. The van der Waals surface area contributed by atoms with Gasteiger partial charge in [-0.2, -0.15) is 0 Å². The standard InChI is InChI=1S/C17H35N5O3/c1-10(2)11-7-14(24-3)12(22-6-4-5-16(22)23)8-13(11)25-15(9-18)17(19)21-20/h10-15,17,21H,4-9,18-20H2,1-3H3. The molecule has 146 valence electrons. The minimum absolute atomic E-state index is 0.0299. The van der Waals surface area contributed by atoms with E-state index in [1.54, 1.807) is 7.11 Å². The van der Waals surface area contributed by atoms with E-state index in [1.165, 1.54) is 0 Å². The lowest BCUT2D eigenvalue weighted by atomic mass is 9.75. The van der Waals surface area contributed by atoms with Gasteiger partial charge in [0, 0.05) is 26.6 Å². The van der Waals surface area contributed by atoms with Crippen molar-refractivity contribution in [3.8, 4) is 0 Å². The van der Waals surface area contributed by atoms with E-state index >= 15 is 0 Å². The van der Waals surface area contributed by atoms with Crippen LogP contribution in [0.15, 0.2) is 0 Å². The molecule has 6 unspecified atom stereocenters. The Morgan fingerprint density at radius 2 is 2.04 bits per heavy atom. The van der Waals surface area contributed by atoms with Crippen molar-refractivity contribution in [3.63, 3.8) is 0 Å². The summed E-state index contributed by atoms with van der Waals surface area (Å²) in [5, 5.41) is 0. The average Bonchev–Trinajstić information content (AvgIpc) is 3.03. The molecular formula is C17H35N5O3. The maximum Gasteiger partial charge on any atom is 0.222 e. The lowest BCUT2D eigenvalue weighted by molar-refractivity contribution is -0.147. The van der Waals surface area contributed by atoms with Crippen molar-refractivity contribution in [2.75, 3.05) is 20.2 Å². The number of nitrogens with one attached hydrogen (secondary N) is 1. The number of nitrogens with two attached hydrogens (primary N) is 3. The van der Waals surface area contributed by atoms with E-state index in [2.05, 4.69) is 19.3 Å². The van der Waals surface area contributed by atoms with E-state index in [0.717, 1.165) is 25.8 Å². The zero-order chi connectivity index (χ0) is 18.6. The third-order valence-electron chi connectivity index (χ3n) is 5.73. The van der Waals surface area contributed by atoms with E-state index in [1.807, 2.05) is 4.90 Å². The Morgan fingerprint density at radius 3 is 2.52 bits per heavy atom. The van der Waals surface area contributed by atoms with Crippen LogP contribution in [0.4, 0.5) is 0 Å². The highest BCUT2D eigenvalue weighted by Gasteiger charge is 2.44. The van der Waals surface area contributed by atoms with E-state index in [-0.39, 0.29) is 36.8 Å². The van der Waals surface area contributed by atoms with Gasteiger partial charge in [0.15, 0.2) is 0 Å². The summed E-state index contributed by atoms with van der Waals surface area (Å²) in [6.45, 7) is 5.46. The molecule has 1 aliphatic carbocycles. The number of likely N-dealkylation sites (tertiary alicyclic amines) is 1. The first kappa shape index (κ1) is 20.5. The maximum atomic E-state index is 12.3. The van der Waals surface area contributed by atoms with Gasteiger partial charge in [-0.1, -0.05) is 13.8 Å². The molecule has 1 saturated carbocycles. The second kappa shape index (κ2) is 9.25. The number of hydrogen-bond acceptors (Lipinski definition) is 7. The van der Waals surface area contributed by atoms with Gasteiger partial charge in [-0.25, -0.2) is 5.43 Å². The zero-order valence-electron chi connectivity index (χ0n) is 15.7. The largest absolute Gasteiger partial charge is 0.379 e. The van der Waals surface area contributed by atoms with E-state index in [9.17, 15) is 4.79 Å². The molecule has 2 rings (SSSR count). The summed E-state index contributed by atoms with van der Waals surface area (Å²) >= 11 is 0. The Labute approximate surface area is 150 Å². The molecule has 7 N–H and O–H groups in total. The minimum atomic E-state index is -0.523. The number of hydrogen-bond donors (Lipinski definition) is 4. The van der Waals surface area contributed by atoms with Gasteiger partial charge in [-0.15, -0.1) is 0 Å². The van der Waals surface area contributed by atoms with Crippen LogP contribution in [0, 0.1) is 11.8 Å². The van der Waals surface area contributed by atoms with Gasteiger partial charge >= 0.3 is 0 Å². The molecular weight excluding hydrogens is 322 g/mol. The quantitative estimate of drug-likeness (QED) is 0.262. The molecule has 1 saturated heterocycles. The van der Waals surface area contributed by atoms with Crippen LogP contribution in [-0.4, -0.2) is 61.5 Å². The van der Waals surface area contributed by atoms with Crippen molar-refractivity contribution >= 4 is 5.91 Å². The first-order valence-corrected chi connectivity index (χ1v) is 9.32. The van der Waals surface area contributed by atoms with Crippen LogP contribution < -0.4 is 22.7 Å². The summed E-state index contributed by atoms with van der Waals surface area (Å²) < 4.78 is 12.1. The van der Waals surface area contributed by atoms with Crippen LogP contribution in [0.2, 0.25) is 0 Å². The molecule has 8 nitrogen and oxygen atoms in total. The molecule has 8 heteroatoms. The highest BCUT2D eigenvalue weighted by Crippen LogP contribution is 2.37. The Kier molecular flexibility index (Phi) is 7.60. The Hall–Kier alpha value is -0.770. The van der Waals surface area contributed by atoms with Crippen LogP contribution in [-0.2, 0) is 14.3 Å². The number of carbonyl (C=O) groups excluding carboxylic acids is 1. The topological polar surface area (TPSA) is 129 Å². The summed E-state index contributed by atoms with van der Waals surface area (Å²) in [7, 11) is 1.73. The predicted molar refractivity (Wildman–Crippen MR) is 96.1 cm³/mol. The second-order valence-electron chi connectivity index (χ2n) is 7.55. The highest BCUT2D eigenvalue weighted by atomic mass is 16.5. The number of methoxy groups -OCH3 is 1. The van der Waals surface area contributed by atoms with Gasteiger partial charge in [-0.05, 0) is 31.1 Å². The lowest BCUT2D eigenvalue weighted by Crippen LogP contribution is -2.58. The van der Waals surface area contributed by atoms with Gasteiger partial charge in [0.25, 0.3) is 0 Å². The molecule has 0 aromatic carbocycles. The number of ether oxygens (including phenoxy) is 2. The number of amides is 1. The fraction of sp³-hybridized carbons (Fsp3) is 0.941. The van der Waals surface area contributed by atoms with Gasteiger partial charge < -0.3 is 25.8 Å². The summed E-state index contributed by atoms with van der Waals surface area (Å²) in [6, 6.07) is 0.0421. The zero-order valence-corrected chi connectivity index (χ0v) is 15.7. The SMILES string of the molecule is COC1CC(C(C)C)C(OC(CN)C(N)NN)CC1N1CCCC1=O. The van der Waals surface area contributed by atoms with Crippen LogP contribution in [0.5, 0.6) is 0 Å².